The Bertz CT molecular complexity index is 839. The number of aryl methyl sites for hydroxylation is 1. The van der Waals surface area contributed by atoms with Crippen molar-refractivity contribution < 1.29 is 23.2 Å². The summed E-state index contributed by atoms with van der Waals surface area (Å²) in [6.07, 6.45) is 0. The van der Waals surface area contributed by atoms with E-state index in [1.165, 1.54) is 6.07 Å². The molecule has 1 aliphatic heterocycles. The molecule has 0 atom stereocenters. The Morgan fingerprint density at radius 1 is 1.18 bits per heavy atom. The van der Waals surface area contributed by atoms with Gasteiger partial charge in [-0.2, -0.15) is 0 Å². The van der Waals surface area contributed by atoms with Crippen LogP contribution >= 0.6 is 11.8 Å². The van der Waals surface area contributed by atoms with Gasteiger partial charge in [-0.3, -0.25) is 9.59 Å². The lowest BCUT2D eigenvalue weighted by atomic mass is 10.2. The van der Waals surface area contributed by atoms with Crippen molar-refractivity contribution >= 4 is 40.8 Å². The second kappa shape index (κ2) is 9.56. The molecule has 0 aliphatic carbocycles. The minimum absolute atomic E-state index is 0.0676. The van der Waals surface area contributed by atoms with Gasteiger partial charge in [0.2, 0.25) is 11.8 Å². The van der Waals surface area contributed by atoms with Crippen LogP contribution in [0.4, 0.5) is 21.6 Å². The molecule has 1 saturated heterocycles. The van der Waals surface area contributed by atoms with Crippen LogP contribution in [0, 0.1) is 12.7 Å². The smallest absolute Gasteiger partial charge is 0.235 e. The first kappa shape index (κ1) is 20.2. The van der Waals surface area contributed by atoms with E-state index in [4.69, 9.17) is 9.26 Å². The number of carbonyl (C=O) groups is 2. The summed E-state index contributed by atoms with van der Waals surface area (Å²) in [6, 6.07) is 6.21. The van der Waals surface area contributed by atoms with Crippen molar-refractivity contribution in [3.63, 3.8) is 0 Å². The van der Waals surface area contributed by atoms with Crippen molar-refractivity contribution in [2.24, 2.45) is 0 Å². The quantitative estimate of drug-likeness (QED) is 0.725. The van der Waals surface area contributed by atoms with E-state index in [1.54, 1.807) is 25.1 Å². The number of hydrogen-bond acceptors (Lipinski definition) is 7. The van der Waals surface area contributed by atoms with Crippen LogP contribution in [0.25, 0.3) is 0 Å². The zero-order chi connectivity index (χ0) is 19.9. The van der Waals surface area contributed by atoms with Crippen molar-refractivity contribution in [2.45, 2.75) is 6.92 Å². The summed E-state index contributed by atoms with van der Waals surface area (Å²) in [5, 5.41) is 8.87. The molecule has 0 saturated carbocycles. The molecule has 2 heterocycles. The largest absolute Gasteiger partial charge is 0.378 e. The van der Waals surface area contributed by atoms with E-state index in [1.807, 2.05) is 4.90 Å². The Morgan fingerprint density at radius 2 is 1.89 bits per heavy atom. The van der Waals surface area contributed by atoms with Crippen molar-refractivity contribution in [2.75, 3.05) is 53.3 Å². The van der Waals surface area contributed by atoms with Gasteiger partial charge in [0.1, 0.15) is 11.6 Å². The Labute approximate surface area is 165 Å². The first-order valence-electron chi connectivity index (χ1n) is 8.74. The molecule has 1 aromatic heterocycles. The van der Waals surface area contributed by atoms with Gasteiger partial charge in [0, 0.05) is 24.8 Å². The molecular weight excluding hydrogens is 387 g/mol. The van der Waals surface area contributed by atoms with E-state index in [0.717, 1.165) is 11.8 Å². The van der Waals surface area contributed by atoms with E-state index in [0.29, 0.717) is 49.3 Å². The zero-order valence-electron chi connectivity index (χ0n) is 15.4. The summed E-state index contributed by atoms with van der Waals surface area (Å²) in [7, 11) is 0. The van der Waals surface area contributed by atoms with E-state index in [-0.39, 0.29) is 23.3 Å². The van der Waals surface area contributed by atoms with Gasteiger partial charge in [-0.05, 0) is 25.1 Å². The molecule has 0 radical (unpaired) electrons. The Hall–Kier alpha value is -2.59. The van der Waals surface area contributed by atoms with Gasteiger partial charge in [-0.15, -0.1) is 11.8 Å². The third kappa shape index (κ3) is 5.70. The highest BCUT2D eigenvalue weighted by atomic mass is 32.2. The van der Waals surface area contributed by atoms with Gasteiger partial charge in [-0.25, -0.2) is 4.39 Å². The molecule has 2 amide bonds. The predicted molar refractivity (Wildman–Crippen MR) is 105 cm³/mol. The number of anilines is 3. The number of amides is 2. The molecule has 1 aliphatic rings. The molecule has 150 valence electrons. The lowest BCUT2D eigenvalue weighted by Crippen LogP contribution is -2.36. The number of nitrogens with zero attached hydrogens (tertiary/aromatic N) is 2. The number of morpholine rings is 1. The second-order valence-electron chi connectivity index (χ2n) is 6.18. The monoisotopic (exact) mass is 408 g/mol. The molecule has 2 N–H and O–H groups in total. The number of benzene rings is 1. The van der Waals surface area contributed by atoms with Crippen LogP contribution in [0.1, 0.15) is 5.76 Å². The SMILES string of the molecule is Cc1cc(NC(=O)CSCC(=O)Nc2ccc(N3CCOCC3)c(F)c2)no1. The third-order valence-corrected chi connectivity index (χ3v) is 4.88. The third-order valence-electron chi connectivity index (χ3n) is 3.94. The average molecular weight is 408 g/mol. The maximum atomic E-state index is 14.3. The molecule has 2 aromatic rings. The topological polar surface area (TPSA) is 96.7 Å². The summed E-state index contributed by atoms with van der Waals surface area (Å²) in [5.41, 5.74) is 0.873. The maximum Gasteiger partial charge on any atom is 0.235 e. The number of rotatable bonds is 7. The highest BCUT2D eigenvalue weighted by Gasteiger charge is 2.16. The minimum Gasteiger partial charge on any atom is -0.378 e. The first-order chi connectivity index (χ1) is 13.5. The lowest BCUT2D eigenvalue weighted by Gasteiger charge is -2.29. The van der Waals surface area contributed by atoms with Gasteiger partial charge in [-0.1, -0.05) is 5.16 Å². The molecule has 28 heavy (non-hydrogen) atoms. The second-order valence-corrected chi connectivity index (χ2v) is 7.16. The highest BCUT2D eigenvalue weighted by Crippen LogP contribution is 2.24. The summed E-state index contributed by atoms with van der Waals surface area (Å²) in [4.78, 5) is 25.7. The minimum atomic E-state index is -0.394. The van der Waals surface area contributed by atoms with Crippen LogP contribution < -0.4 is 15.5 Å². The van der Waals surface area contributed by atoms with Crippen LogP contribution in [-0.4, -0.2) is 54.8 Å². The predicted octanol–water partition coefficient (Wildman–Crippen LogP) is 2.27. The molecule has 8 nitrogen and oxygen atoms in total. The number of ether oxygens (including phenoxy) is 1. The van der Waals surface area contributed by atoms with Crippen LogP contribution in [-0.2, 0) is 14.3 Å². The number of halogens is 1. The lowest BCUT2D eigenvalue weighted by molar-refractivity contribution is -0.114. The van der Waals surface area contributed by atoms with Crippen molar-refractivity contribution in [1.82, 2.24) is 5.16 Å². The molecular formula is C18H21FN4O4S. The number of thioether (sulfide) groups is 1. The van der Waals surface area contributed by atoms with Crippen molar-refractivity contribution in [3.8, 4) is 0 Å². The average Bonchev–Trinajstić information content (AvgIpc) is 3.07. The standard InChI is InChI=1S/C18H21FN4O4S/c1-12-8-16(22-27-12)21-18(25)11-28-10-17(24)20-13-2-3-15(14(19)9-13)23-4-6-26-7-5-23/h2-3,8-9H,4-7,10-11H2,1H3,(H,20,24)(H,21,22,25). The van der Waals surface area contributed by atoms with Gasteiger partial charge in [0.15, 0.2) is 5.82 Å². The normalized spacial score (nSPS) is 14.0. The summed E-state index contributed by atoms with van der Waals surface area (Å²) in [5.74, 6) is 0.0923. The number of carbonyl (C=O) groups excluding carboxylic acids is 2. The molecule has 0 bridgehead atoms. The molecule has 0 unspecified atom stereocenters. The molecule has 3 rings (SSSR count). The zero-order valence-corrected chi connectivity index (χ0v) is 16.2. The number of hydrogen-bond donors (Lipinski definition) is 2. The van der Waals surface area contributed by atoms with Crippen LogP contribution in [0.2, 0.25) is 0 Å². The number of aromatic nitrogens is 1. The van der Waals surface area contributed by atoms with E-state index in [2.05, 4.69) is 15.8 Å². The fourth-order valence-corrected chi connectivity index (χ4v) is 3.30. The van der Waals surface area contributed by atoms with Gasteiger partial charge in [0.05, 0.1) is 30.4 Å². The maximum absolute atomic E-state index is 14.3. The fraction of sp³-hybridized carbons (Fsp3) is 0.389. The molecule has 1 aromatic carbocycles. The fourth-order valence-electron chi connectivity index (χ4n) is 2.68. The summed E-state index contributed by atoms with van der Waals surface area (Å²) >= 11 is 1.15. The molecule has 10 heteroatoms. The van der Waals surface area contributed by atoms with E-state index in [9.17, 15) is 14.0 Å². The van der Waals surface area contributed by atoms with Crippen LogP contribution in [0.3, 0.4) is 0 Å². The first-order valence-corrected chi connectivity index (χ1v) is 9.90. The van der Waals surface area contributed by atoms with Gasteiger partial charge >= 0.3 is 0 Å². The Morgan fingerprint density at radius 3 is 2.54 bits per heavy atom. The van der Waals surface area contributed by atoms with Crippen molar-refractivity contribution in [1.29, 1.82) is 0 Å². The summed E-state index contributed by atoms with van der Waals surface area (Å²) < 4.78 is 24.5. The molecule has 1 fully saturated rings. The Balaban J connectivity index is 1.43. The van der Waals surface area contributed by atoms with Crippen molar-refractivity contribution in [3.05, 3.63) is 35.8 Å². The van der Waals surface area contributed by atoms with Crippen LogP contribution in [0.15, 0.2) is 28.8 Å². The summed E-state index contributed by atoms with van der Waals surface area (Å²) in [6.45, 7) is 4.13. The Kier molecular flexibility index (Phi) is 6.88. The van der Waals surface area contributed by atoms with Gasteiger partial charge < -0.3 is 24.8 Å². The highest BCUT2D eigenvalue weighted by molar-refractivity contribution is 8.00. The molecule has 0 spiro atoms. The number of nitrogens with one attached hydrogen (secondary N) is 2. The van der Waals surface area contributed by atoms with E-state index >= 15 is 0 Å². The van der Waals surface area contributed by atoms with Gasteiger partial charge in [0.25, 0.3) is 0 Å². The van der Waals surface area contributed by atoms with E-state index < -0.39 is 5.82 Å². The van der Waals surface area contributed by atoms with Crippen LogP contribution in [0.5, 0.6) is 0 Å².